The van der Waals surface area contributed by atoms with Crippen molar-refractivity contribution >= 4 is 11.9 Å². The van der Waals surface area contributed by atoms with E-state index in [2.05, 4.69) is 0 Å². The van der Waals surface area contributed by atoms with Gasteiger partial charge in [0.15, 0.2) is 11.7 Å². The highest BCUT2D eigenvalue weighted by molar-refractivity contribution is 5.89. The minimum absolute atomic E-state index is 0.390. The Bertz CT molecular complexity index is 630. The second kappa shape index (κ2) is 3.84. The van der Waals surface area contributed by atoms with Gasteiger partial charge in [-0.25, -0.2) is 4.39 Å². The van der Waals surface area contributed by atoms with Crippen LogP contribution in [0.2, 0.25) is 0 Å². The first-order valence-electron chi connectivity index (χ1n) is 6.84. The SMILES string of the molecule is CC1(C)C(=O)O[C@]2(c3ccc(F)cc3)[C@@H]1OC(=O)C2(C)C. The Balaban J connectivity index is 2.26. The number of benzene rings is 1. The summed E-state index contributed by atoms with van der Waals surface area (Å²) >= 11 is 0. The van der Waals surface area contributed by atoms with Crippen molar-refractivity contribution in [3.05, 3.63) is 35.6 Å². The predicted octanol–water partition coefficient (Wildman–Crippen LogP) is 2.56. The Kier molecular flexibility index (Phi) is 2.57. The molecule has 2 heterocycles. The van der Waals surface area contributed by atoms with E-state index in [0.29, 0.717) is 5.56 Å². The standard InChI is InChI=1S/C16H17FO4/c1-14(2)11-16(21-12(14)18,15(3,4)13(19)20-11)9-5-7-10(17)8-6-9/h5-8,11H,1-4H3/t11-,16-/m1/s1. The molecule has 0 aromatic heterocycles. The molecular weight excluding hydrogens is 275 g/mol. The molecule has 112 valence electrons. The number of fused-ring (bicyclic) bond motifs is 1. The van der Waals surface area contributed by atoms with Gasteiger partial charge in [0.2, 0.25) is 0 Å². The largest absolute Gasteiger partial charge is 0.456 e. The number of ether oxygens (including phenoxy) is 2. The zero-order chi connectivity index (χ0) is 15.6. The molecule has 0 aliphatic carbocycles. The van der Waals surface area contributed by atoms with E-state index in [0.717, 1.165) is 0 Å². The fourth-order valence-electron chi connectivity index (χ4n) is 3.31. The average molecular weight is 292 g/mol. The number of hydrogen-bond acceptors (Lipinski definition) is 4. The van der Waals surface area contributed by atoms with Gasteiger partial charge >= 0.3 is 11.9 Å². The molecule has 2 saturated heterocycles. The molecule has 2 aliphatic heterocycles. The van der Waals surface area contributed by atoms with Crippen molar-refractivity contribution in [2.24, 2.45) is 10.8 Å². The summed E-state index contributed by atoms with van der Waals surface area (Å²) in [4.78, 5) is 24.5. The van der Waals surface area contributed by atoms with Crippen molar-refractivity contribution in [1.29, 1.82) is 0 Å². The quantitative estimate of drug-likeness (QED) is 0.746. The lowest BCUT2D eigenvalue weighted by Crippen LogP contribution is -2.47. The monoisotopic (exact) mass is 292 g/mol. The second-order valence-electron chi connectivity index (χ2n) is 6.76. The van der Waals surface area contributed by atoms with Crippen molar-refractivity contribution in [2.75, 3.05) is 0 Å². The van der Waals surface area contributed by atoms with Crippen molar-refractivity contribution in [1.82, 2.24) is 0 Å². The van der Waals surface area contributed by atoms with Crippen LogP contribution in [0.15, 0.2) is 24.3 Å². The van der Waals surface area contributed by atoms with E-state index in [1.54, 1.807) is 39.8 Å². The van der Waals surface area contributed by atoms with E-state index in [-0.39, 0.29) is 0 Å². The van der Waals surface area contributed by atoms with Gasteiger partial charge in [-0.1, -0.05) is 12.1 Å². The molecular formula is C16H17FO4. The van der Waals surface area contributed by atoms with Crippen LogP contribution in [0, 0.1) is 16.6 Å². The van der Waals surface area contributed by atoms with Gasteiger partial charge in [-0.3, -0.25) is 9.59 Å². The first-order valence-corrected chi connectivity index (χ1v) is 6.84. The Morgan fingerprint density at radius 3 is 2.14 bits per heavy atom. The van der Waals surface area contributed by atoms with E-state index >= 15 is 0 Å². The van der Waals surface area contributed by atoms with Gasteiger partial charge in [0.25, 0.3) is 0 Å². The number of hydrogen-bond donors (Lipinski definition) is 0. The summed E-state index contributed by atoms with van der Waals surface area (Å²) in [6.45, 7) is 6.76. The highest BCUT2D eigenvalue weighted by Crippen LogP contribution is 2.61. The van der Waals surface area contributed by atoms with Crippen molar-refractivity contribution < 1.29 is 23.5 Å². The maximum atomic E-state index is 13.2. The molecule has 2 aliphatic rings. The van der Waals surface area contributed by atoms with Crippen LogP contribution >= 0.6 is 0 Å². The lowest BCUT2D eigenvalue weighted by molar-refractivity contribution is -0.166. The molecule has 4 nitrogen and oxygen atoms in total. The Hall–Kier alpha value is -1.91. The summed E-state index contributed by atoms with van der Waals surface area (Å²) in [6, 6.07) is 5.67. The normalized spacial score (nSPS) is 32.5. The van der Waals surface area contributed by atoms with E-state index in [4.69, 9.17) is 9.47 Å². The van der Waals surface area contributed by atoms with Crippen LogP contribution in [0.4, 0.5) is 4.39 Å². The maximum Gasteiger partial charge on any atom is 0.316 e. The number of halogens is 1. The summed E-state index contributed by atoms with van der Waals surface area (Å²) in [5, 5.41) is 0. The van der Waals surface area contributed by atoms with Gasteiger partial charge in [-0.2, -0.15) is 0 Å². The van der Waals surface area contributed by atoms with Gasteiger partial charge in [0, 0.05) is 5.56 Å². The fraction of sp³-hybridized carbons (Fsp3) is 0.500. The van der Waals surface area contributed by atoms with Gasteiger partial charge in [0.05, 0.1) is 0 Å². The molecule has 0 radical (unpaired) electrons. The molecule has 2 atom stereocenters. The third-order valence-corrected chi connectivity index (χ3v) is 4.74. The molecule has 0 saturated carbocycles. The van der Waals surface area contributed by atoms with Crippen LogP contribution in [-0.2, 0) is 24.7 Å². The molecule has 0 N–H and O–H groups in total. The van der Waals surface area contributed by atoms with Crippen LogP contribution in [-0.4, -0.2) is 18.0 Å². The molecule has 0 bridgehead atoms. The zero-order valence-corrected chi connectivity index (χ0v) is 12.4. The summed E-state index contributed by atoms with van der Waals surface area (Å²) in [5.41, 5.74) is -2.64. The topological polar surface area (TPSA) is 52.6 Å². The molecule has 21 heavy (non-hydrogen) atoms. The van der Waals surface area contributed by atoms with E-state index in [9.17, 15) is 14.0 Å². The van der Waals surface area contributed by atoms with E-state index < -0.39 is 40.3 Å². The fourth-order valence-corrected chi connectivity index (χ4v) is 3.31. The second-order valence-corrected chi connectivity index (χ2v) is 6.76. The van der Waals surface area contributed by atoms with Crippen LogP contribution < -0.4 is 0 Å². The lowest BCUT2D eigenvalue weighted by atomic mass is 9.66. The van der Waals surface area contributed by atoms with Crippen LogP contribution in [0.1, 0.15) is 33.3 Å². The van der Waals surface area contributed by atoms with Crippen LogP contribution in [0.25, 0.3) is 0 Å². The van der Waals surface area contributed by atoms with Crippen molar-refractivity contribution in [3.63, 3.8) is 0 Å². The van der Waals surface area contributed by atoms with E-state index in [1.807, 2.05) is 0 Å². The molecule has 3 rings (SSSR count). The van der Waals surface area contributed by atoms with Crippen molar-refractivity contribution in [3.8, 4) is 0 Å². The van der Waals surface area contributed by atoms with Crippen LogP contribution in [0.3, 0.4) is 0 Å². The molecule has 0 unspecified atom stereocenters. The summed E-state index contributed by atoms with van der Waals surface area (Å²) < 4.78 is 24.4. The van der Waals surface area contributed by atoms with Crippen molar-refractivity contribution in [2.45, 2.75) is 39.4 Å². The van der Waals surface area contributed by atoms with Gasteiger partial charge in [-0.15, -0.1) is 0 Å². The zero-order valence-electron chi connectivity index (χ0n) is 12.4. The lowest BCUT2D eigenvalue weighted by Gasteiger charge is -2.36. The molecule has 2 fully saturated rings. The molecule has 0 amide bonds. The third kappa shape index (κ3) is 1.49. The van der Waals surface area contributed by atoms with Gasteiger partial charge in [-0.05, 0) is 39.8 Å². The number of carbonyl (C=O) groups excluding carboxylic acids is 2. The molecule has 0 spiro atoms. The third-order valence-electron chi connectivity index (χ3n) is 4.74. The minimum atomic E-state index is -1.22. The highest BCUT2D eigenvalue weighted by Gasteiger charge is 2.75. The Labute approximate surface area is 122 Å². The first-order chi connectivity index (χ1) is 9.64. The Morgan fingerprint density at radius 2 is 1.57 bits per heavy atom. The summed E-state index contributed by atoms with van der Waals surface area (Å²) in [6.07, 6.45) is -0.731. The number of esters is 2. The predicted molar refractivity (Wildman–Crippen MR) is 71.6 cm³/mol. The van der Waals surface area contributed by atoms with Gasteiger partial charge in [0.1, 0.15) is 16.6 Å². The summed E-state index contributed by atoms with van der Waals surface area (Å²) in [7, 11) is 0. The Morgan fingerprint density at radius 1 is 1.00 bits per heavy atom. The molecule has 1 aromatic carbocycles. The summed E-state index contributed by atoms with van der Waals surface area (Å²) in [5.74, 6) is -1.23. The first kappa shape index (κ1) is 14.0. The maximum absolute atomic E-state index is 13.2. The smallest absolute Gasteiger partial charge is 0.316 e. The average Bonchev–Trinajstić information content (AvgIpc) is 2.73. The molecule has 5 heteroatoms. The van der Waals surface area contributed by atoms with Crippen LogP contribution in [0.5, 0.6) is 0 Å². The molecule has 1 aromatic rings. The highest BCUT2D eigenvalue weighted by atomic mass is 19.1. The van der Waals surface area contributed by atoms with E-state index in [1.165, 1.54) is 12.1 Å². The van der Waals surface area contributed by atoms with Gasteiger partial charge < -0.3 is 9.47 Å². The number of rotatable bonds is 1. The minimum Gasteiger partial charge on any atom is -0.456 e. The number of carbonyl (C=O) groups is 2.